The van der Waals surface area contributed by atoms with E-state index in [-0.39, 0.29) is 0 Å². The number of carbonyl (C=O) groups excluding carboxylic acids is 1. The van der Waals surface area contributed by atoms with Gasteiger partial charge in [-0.1, -0.05) is 35.9 Å². The van der Waals surface area contributed by atoms with Crippen LogP contribution in [-0.4, -0.2) is 13.0 Å². The van der Waals surface area contributed by atoms with Crippen LogP contribution in [0, 0.1) is 13.8 Å². The molecule has 2 rings (SSSR count). The maximum absolute atomic E-state index is 11.9. The molecular formula is C17H20N2O2. The van der Waals surface area contributed by atoms with E-state index in [2.05, 4.69) is 5.32 Å². The van der Waals surface area contributed by atoms with Crippen molar-refractivity contribution in [1.82, 2.24) is 0 Å². The van der Waals surface area contributed by atoms with E-state index in [0.717, 1.165) is 22.4 Å². The van der Waals surface area contributed by atoms with Crippen LogP contribution in [0.2, 0.25) is 0 Å². The maximum atomic E-state index is 11.9. The number of carbonyl (C=O) groups is 1. The number of primary amides is 1. The molecule has 1 unspecified atom stereocenters. The highest BCUT2D eigenvalue weighted by atomic mass is 16.5. The number of para-hydroxylation sites is 2. The molecular weight excluding hydrogens is 264 g/mol. The lowest BCUT2D eigenvalue weighted by atomic mass is 9.98. The summed E-state index contributed by atoms with van der Waals surface area (Å²) in [4.78, 5) is 11.9. The average molecular weight is 284 g/mol. The second-order valence-corrected chi connectivity index (χ2v) is 5.04. The molecule has 0 radical (unpaired) electrons. The molecule has 0 saturated carbocycles. The first-order chi connectivity index (χ1) is 10.0. The van der Waals surface area contributed by atoms with Crippen molar-refractivity contribution in [3.05, 3.63) is 59.2 Å². The third kappa shape index (κ3) is 3.34. The van der Waals surface area contributed by atoms with Crippen LogP contribution in [0.15, 0.2) is 42.5 Å². The molecule has 3 N–H and O–H groups in total. The second-order valence-electron chi connectivity index (χ2n) is 5.04. The van der Waals surface area contributed by atoms with E-state index < -0.39 is 11.9 Å². The van der Waals surface area contributed by atoms with Gasteiger partial charge in [-0.25, -0.2) is 0 Å². The third-order valence-corrected chi connectivity index (χ3v) is 3.43. The minimum Gasteiger partial charge on any atom is -0.495 e. The van der Waals surface area contributed by atoms with E-state index in [1.165, 1.54) is 0 Å². The number of hydrogen-bond acceptors (Lipinski definition) is 3. The van der Waals surface area contributed by atoms with Gasteiger partial charge in [0.15, 0.2) is 0 Å². The number of nitrogens with one attached hydrogen (secondary N) is 1. The minimum atomic E-state index is -0.595. The molecule has 1 atom stereocenters. The van der Waals surface area contributed by atoms with Gasteiger partial charge in [0.1, 0.15) is 11.8 Å². The normalized spacial score (nSPS) is 11.8. The van der Waals surface area contributed by atoms with Gasteiger partial charge in [0.05, 0.1) is 12.8 Å². The zero-order chi connectivity index (χ0) is 15.4. The largest absolute Gasteiger partial charge is 0.495 e. The SMILES string of the molecule is COc1ccccc1NC(C(N)=O)c1ccc(C)cc1C. The zero-order valence-corrected chi connectivity index (χ0v) is 12.5. The summed E-state index contributed by atoms with van der Waals surface area (Å²) in [5, 5.41) is 3.18. The van der Waals surface area contributed by atoms with Gasteiger partial charge in [-0.2, -0.15) is 0 Å². The van der Waals surface area contributed by atoms with Gasteiger partial charge >= 0.3 is 0 Å². The summed E-state index contributed by atoms with van der Waals surface area (Å²) >= 11 is 0. The van der Waals surface area contributed by atoms with Gasteiger partial charge in [-0.15, -0.1) is 0 Å². The summed E-state index contributed by atoms with van der Waals surface area (Å²) in [6, 6.07) is 12.8. The molecule has 4 heteroatoms. The van der Waals surface area contributed by atoms with E-state index in [9.17, 15) is 4.79 Å². The molecule has 110 valence electrons. The van der Waals surface area contributed by atoms with E-state index >= 15 is 0 Å². The summed E-state index contributed by atoms with van der Waals surface area (Å²) in [7, 11) is 1.59. The lowest BCUT2D eigenvalue weighted by molar-refractivity contribution is -0.118. The van der Waals surface area contributed by atoms with Crippen LogP contribution in [0.4, 0.5) is 5.69 Å². The van der Waals surface area contributed by atoms with Crippen molar-refractivity contribution in [2.45, 2.75) is 19.9 Å². The van der Waals surface area contributed by atoms with Crippen LogP contribution in [-0.2, 0) is 4.79 Å². The molecule has 2 aromatic rings. The Hall–Kier alpha value is -2.49. The quantitative estimate of drug-likeness (QED) is 0.887. The monoisotopic (exact) mass is 284 g/mol. The van der Waals surface area contributed by atoms with E-state index in [4.69, 9.17) is 10.5 Å². The van der Waals surface area contributed by atoms with Crippen molar-refractivity contribution in [3.63, 3.8) is 0 Å². The van der Waals surface area contributed by atoms with Gasteiger partial charge in [-0.05, 0) is 37.1 Å². The summed E-state index contributed by atoms with van der Waals surface area (Å²) < 4.78 is 5.30. The number of aryl methyl sites for hydroxylation is 2. The molecule has 0 aliphatic carbocycles. The highest BCUT2D eigenvalue weighted by molar-refractivity contribution is 5.85. The number of nitrogens with two attached hydrogens (primary N) is 1. The lowest BCUT2D eigenvalue weighted by Crippen LogP contribution is -2.28. The number of hydrogen-bond donors (Lipinski definition) is 2. The number of rotatable bonds is 5. The first-order valence-corrected chi connectivity index (χ1v) is 6.79. The Morgan fingerprint density at radius 3 is 2.52 bits per heavy atom. The first-order valence-electron chi connectivity index (χ1n) is 6.79. The molecule has 0 aliphatic rings. The summed E-state index contributed by atoms with van der Waals surface area (Å²) in [6.45, 7) is 3.99. The van der Waals surface area contributed by atoms with Crippen molar-refractivity contribution in [1.29, 1.82) is 0 Å². The molecule has 0 saturated heterocycles. The average Bonchev–Trinajstić information content (AvgIpc) is 2.45. The van der Waals surface area contributed by atoms with Gasteiger partial charge < -0.3 is 15.8 Å². The Morgan fingerprint density at radius 1 is 1.19 bits per heavy atom. The molecule has 0 aromatic heterocycles. The summed E-state index contributed by atoms with van der Waals surface area (Å²) in [6.07, 6.45) is 0. The van der Waals surface area contributed by atoms with Gasteiger partial charge in [0.25, 0.3) is 0 Å². The van der Waals surface area contributed by atoms with Crippen LogP contribution in [0.3, 0.4) is 0 Å². The number of ether oxygens (including phenoxy) is 1. The van der Waals surface area contributed by atoms with Gasteiger partial charge in [0, 0.05) is 0 Å². The highest BCUT2D eigenvalue weighted by Gasteiger charge is 2.20. The Bertz CT molecular complexity index is 653. The molecule has 0 spiro atoms. The van der Waals surface area contributed by atoms with Gasteiger partial charge in [-0.3, -0.25) is 4.79 Å². The van der Waals surface area contributed by atoms with E-state index in [1.807, 2.05) is 56.3 Å². The molecule has 0 fully saturated rings. The number of amides is 1. The van der Waals surface area contributed by atoms with Crippen molar-refractivity contribution >= 4 is 11.6 Å². The number of benzene rings is 2. The van der Waals surface area contributed by atoms with Gasteiger partial charge in [0.2, 0.25) is 5.91 Å². The fourth-order valence-corrected chi connectivity index (χ4v) is 2.37. The smallest absolute Gasteiger partial charge is 0.244 e. The third-order valence-electron chi connectivity index (χ3n) is 3.43. The predicted molar refractivity (Wildman–Crippen MR) is 84.5 cm³/mol. The molecule has 0 aliphatic heterocycles. The fraction of sp³-hybridized carbons (Fsp3) is 0.235. The Labute approximate surface area is 124 Å². The predicted octanol–water partition coefficient (Wildman–Crippen LogP) is 2.95. The molecule has 2 aromatic carbocycles. The highest BCUT2D eigenvalue weighted by Crippen LogP contribution is 2.29. The van der Waals surface area contributed by atoms with Crippen molar-refractivity contribution in [2.24, 2.45) is 5.73 Å². The standard InChI is InChI=1S/C17H20N2O2/c1-11-8-9-13(12(2)10-11)16(17(18)20)19-14-6-4-5-7-15(14)21-3/h4-10,16,19H,1-3H3,(H2,18,20). The molecule has 4 nitrogen and oxygen atoms in total. The zero-order valence-electron chi connectivity index (χ0n) is 12.5. The lowest BCUT2D eigenvalue weighted by Gasteiger charge is -2.20. The van der Waals surface area contributed by atoms with Crippen molar-refractivity contribution < 1.29 is 9.53 Å². The Balaban J connectivity index is 2.38. The van der Waals surface area contributed by atoms with Crippen LogP contribution >= 0.6 is 0 Å². The minimum absolute atomic E-state index is 0.423. The van der Waals surface area contributed by atoms with Crippen molar-refractivity contribution in [2.75, 3.05) is 12.4 Å². The number of methoxy groups -OCH3 is 1. The molecule has 0 heterocycles. The molecule has 1 amide bonds. The van der Waals surface area contributed by atoms with Crippen LogP contribution in [0.1, 0.15) is 22.7 Å². The fourth-order valence-electron chi connectivity index (χ4n) is 2.37. The first kappa shape index (κ1) is 14.9. The van der Waals surface area contributed by atoms with Crippen molar-refractivity contribution in [3.8, 4) is 5.75 Å². The Kier molecular flexibility index (Phi) is 4.48. The summed E-state index contributed by atoms with van der Waals surface area (Å²) in [5.41, 5.74) is 9.37. The van der Waals surface area contributed by atoms with Crippen LogP contribution in [0.25, 0.3) is 0 Å². The van der Waals surface area contributed by atoms with Crippen LogP contribution < -0.4 is 15.8 Å². The van der Waals surface area contributed by atoms with E-state index in [0.29, 0.717) is 5.75 Å². The van der Waals surface area contributed by atoms with Crippen LogP contribution in [0.5, 0.6) is 5.75 Å². The Morgan fingerprint density at radius 2 is 1.90 bits per heavy atom. The summed E-state index contributed by atoms with van der Waals surface area (Å²) in [5.74, 6) is 0.251. The molecule has 21 heavy (non-hydrogen) atoms. The maximum Gasteiger partial charge on any atom is 0.244 e. The number of anilines is 1. The second kappa shape index (κ2) is 6.31. The van der Waals surface area contributed by atoms with E-state index in [1.54, 1.807) is 7.11 Å². The molecule has 0 bridgehead atoms. The topological polar surface area (TPSA) is 64.3 Å².